The van der Waals surface area contributed by atoms with Gasteiger partial charge >= 0.3 is 0 Å². The Kier molecular flexibility index (Phi) is 8.73. The standard InChI is InChI=1S/C21H24F2O5.C2H6/c1-11-3-4-12(19-9-18(25)21(26)20(10-24)28-19)5-13(11)6-15-16(22)7-14(27-2)8-17(15)23;1-2/h3-5,7-8,18-21,24-26H,6,9-10H2,1-2H3;1-2H3/t18-,19-,20-,21+;/m1./s1. The summed E-state index contributed by atoms with van der Waals surface area (Å²) in [6.07, 6.45) is -3.42. The molecule has 30 heavy (non-hydrogen) atoms. The van der Waals surface area contributed by atoms with Crippen LogP contribution >= 0.6 is 0 Å². The summed E-state index contributed by atoms with van der Waals surface area (Å²) in [6, 6.07) is 7.70. The zero-order chi connectivity index (χ0) is 22.4. The summed E-state index contributed by atoms with van der Waals surface area (Å²) in [6.45, 7) is 5.42. The van der Waals surface area contributed by atoms with E-state index in [1.54, 1.807) is 6.07 Å². The minimum Gasteiger partial charge on any atom is -0.497 e. The maximum atomic E-state index is 14.3. The van der Waals surface area contributed by atoms with E-state index in [9.17, 15) is 24.1 Å². The molecule has 7 heteroatoms. The molecule has 2 aromatic carbocycles. The number of rotatable bonds is 5. The summed E-state index contributed by atoms with van der Waals surface area (Å²) in [4.78, 5) is 0. The van der Waals surface area contributed by atoms with Gasteiger partial charge in [0.15, 0.2) is 0 Å². The van der Waals surface area contributed by atoms with Gasteiger partial charge in [0.1, 0.15) is 29.6 Å². The van der Waals surface area contributed by atoms with Gasteiger partial charge in [-0.25, -0.2) is 8.78 Å². The summed E-state index contributed by atoms with van der Waals surface area (Å²) >= 11 is 0. The van der Waals surface area contributed by atoms with Gasteiger partial charge in [0.2, 0.25) is 0 Å². The van der Waals surface area contributed by atoms with Crippen LogP contribution in [0.15, 0.2) is 30.3 Å². The van der Waals surface area contributed by atoms with Gasteiger partial charge in [0, 0.05) is 30.5 Å². The van der Waals surface area contributed by atoms with Gasteiger partial charge in [-0.15, -0.1) is 0 Å². The maximum absolute atomic E-state index is 14.3. The molecule has 1 aliphatic rings. The van der Waals surface area contributed by atoms with E-state index in [0.29, 0.717) is 11.1 Å². The van der Waals surface area contributed by atoms with Gasteiger partial charge in [-0.1, -0.05) is 32.0 Å². The number of halogens is 2. The smallest absolute Gasteiger partial charge is 0.133 e. The van der Waals surface area contributed by atoms with E-state index in [-0.39, 0.29) is 24.2 Å². The molecule has 0 unspecified atom stereocenters. The summed E-state index contributed by atoms with van der Waals surface area (Å²) in [5.41, 5.74) is 2.22. The first-order valence-electron chi connectivity index (χ1n) is 10.1. The maximum Gasteiger partial charge on any atom is 0.133 e. The van der Waals surface area contributed by atoms with Crippen LogP contribution in [-0.2, 0) is 11.2 Å². The number of ether oxygens (including phenoxy) is 2. The number of benzene rings is 2. The Morgan fingerprint density at radius 2 is 1.73 bits per heavy atom. The Hall–Kier alpha value is -2.06. The highest BCUT2D eigenvalue weighted by Gasteiger charge is 2.37. The molecule has 0 aliphatic carbocycles. The van der Waals surface area contributed by atoms with E-state index >= 15 is 0 Å². The molecule has 3 rings (SSSR count). The number of hydrogen-bond acceptors (Lipinski definition) is 5. The molecule has 3 N–H and O–H groups in total. The van der Waals surface area contributed by atoms with Gasteiger partial charge in [-0.3, -0.25) is 0 Å². The van der Waals surface area contributed by atoms with Gasteiger partial charge in [0.25, 0.3) is 0 Å². The predicted octanol–water partition coefficient (Wildman–Crippen LogP) is 3.44. The van der Waals surface area contributed by atoms with Crippen LogP contribution in [0.3, 0.4) is 0 Å². The highest BCUT2D eigenvalue weighted by atomic mass is 19.1. The Morgan fingerprint density at radius 3 is 2.30 bits per heavy atom. The van der Waals surface area contributed by atoms with E-state index in [1.807, 2.05) is 32.9 Å². The van der Waals surface area contributed by atoms with Crippen molar-refractivity contribution in [3.05, 3.63) is 64.2 Å². The normalized spacial score (nSPS) is 23.5. The number of aliphatic hydroxyl groups excluding tert-OH is 3. The van der Waals surface area contributed by atoms with Crippen molar-refractivity contribution < 1.29 is 33.6 Å². The number of aliphatic hydroxyl groups is 3. The van der Waals surface area contributed by atoms with Crippen LogP contribution in [0.4, 0.5) is 8.78 Å². The molecule has 0 bridgehead atoms. The molecule has 1 aliphatic heterocycles. The number of aryl methyl sites for hydroxylation is 1. The van der Waals surface area contributed by atoms with Gasteiger partial charge in [-0.2, -0.15) is 0 Å². The fourth-order valence-electron chi connectivity index (χ4n) is 3.46. The first-order chi connectivity index (χ1) is 14.3. The van der Waals surface area contributed by atoms with Crippen LogP contribution in [0, 0.1) is 18.6 Å². The fourth-order valence-corrected chi connectivity index (χ4v) is 3.46. The van der Waals surface area contributed by atoms with Crippen molar-refractivity contribution in [2.75, 3.05) is 13.7 Å². The first kappa shape index (κ1) is 24.2. The van der Waals surface area contributed by atoms with Crippen LogP contribution in [-0.4, -0.2) is 47.3 Å². The second-order valence-electron chi connectivity index (χ2n) is 7.07. The van der Waals surface area contributed by atoms with Crippen molar-refractivity contribution in [2.24, 2.45) is 0 Å². The topological polar surface area (TPSA) is 79.2 Å². The Balaban J connectivity index is 0.00000155. The van der Waals surface area contributed by atoms with E-state index in [2.05, 4.69) is 0 Å². The van der Waals surface area contributed by atoms with Crippen molar-refractivity contribution in [1.29, 1.82) is 0 Å². The molecule has 0 radical (unpaired) electrons. The highest BCUT2D eigenvalue weighted by molar-refractivity contribution is 5.39. The molecule has 0 aromatic heterocycles. The Morgan fingerprint density at radius 1 is 1.10 bits per heavy atom. The Labute approximate surface area is 175 Å². The van der Waals surface area contributed by atoms with E-state index < -0.39 is 42.7 Å². The summed E-state index contributed by atoms with van der Waals surface area (Å²) in [7, 11) is 1.34. The molecule has 1 heterocycles. The van der Waals surface area contributed by atoms with Crippen molar-refractivity contribution in [1.82, 2.24) is 0 Å². The minimum absolute atomic E-state index is 0.0443. The van der Waals surface area contributed by atoms with Gasteiger partial charge < -0.3 is 24.8 Å². The van der Waals surface area contributed by atoms with Crippen molar-refractivity contribution >= 4 is 0 Å². The predicted molar refractivity (Wildman–Crippen MR) is 110 cm³/mol. The molecular formula is C23H30F2O5. The number of methoxy groups -OCH3 is 1. The lowest BCUT2D eigenvalue weighted by Crippen LogP contribution is -2.47. The Bertz CT molecular complexity index is 819. The van der Waals surface area contributed by atoms with E-state index in [0.717, 1.165) is 17.7 Å². The van der Waals surface area contributed by atoms with Crippen molar-refractivity contribution in [2.45, 2.75) is 58.0 Å². The summed E-state index contributed by atoms with van der Waals surface area (Å²) < 4.78 is 39.2. The molecule has 4 atom stereocenters. The average Bonchev–Trinajstić information content (AvgIpc) is 2.75. The van der Waals surface area contributed by atoms with Crippen LogP contribution in [0.5, 0.6) is 5.75 Å². The molecule has 1 saturated heterocycles. The molecule has 0 amide bonds. The highest BCUT2D eigenvalue weighted by Crippen LogP contribution is 2.33. The second-order valence-corrected chi connectivity index (χ2v) is 7.07. The van der Waals surface area contributed by atoms with Crippen LogP contribution in [0.1, 0.15) is 48.6 Å². The van der Waals surface area contributed by atoms with E-state index in [4.69, 9.17) is 9.47 Å². The minimum atomic E-state index is -1.16. The second kappa shape index (κ2) is 10.8. The molecule has 166 valence electrons. The summed E-state index contributed by atoms with van der Waals surface area (Å²) in [5.74, 6) is -1.26. The number of hydrogen-bond donors (Lipinski definition) is 3. The van der Waals surface area contributed by atoms with Gasteiger partial charge in [0.05, 0.1) is 25.9 Å². The lowest BCUT2D eigenvalue weighted by Gasteiger charge is -2.36. The van der Waals surface area contributed by atoms with Crippen molar-refractivity contribution in [3.63, 3.8) is 0 Å². The third-order valence-electron chi connectivity index (χ3n) is 5.21. The molecule has 0 saturated carbocycles. The third-order valence-corrected chi connectivity index (χ3v) is 5.21. The monoisotopic (exact) mass is 424 g/mol. The third kappa shape index (κ3) is 5.35. The van der Waals surface area contributed by atoms with Gasteiger partial charge in [-0.05, 0) is 23.6 Å². The lowest BCUT2D eigenvalue weighted by atomic mass is 9.91. The SMILES string of the molecule is CC.COc1cc(F)c(Cc2cc([C@H]3C[C@@H](O)[C@H](O)[C@@H](CO)O3)ccc2C)c(F)c1. The lowest BCUT2D eigenvalue weighted by molar-refractivity contribution is -0.181. The van der Waals surface area contributed by atoms with Crippen molar-refractivity contribution in [3.8, 4) is 5.75 Å². The van der Waals surface area contributed by atoms with Crippen LogP contribution < -0.4 is 4.74 Å². The quantitative estimate of drug-likeness (QED) is 0.685. The zero-order valence-electron chi connectivity index (χ0n) is 17.7. The summed E-state index contributed by atoms with van der Waals surface area (Å²) in [5, 5.41) is 29.3. The van der Waals surface area contributed by atoms with E-state index in [1.165, 1.54) is 7.11 Å². The van der Waals surface area contributed by atoms with Crippen LogP contribution in [0.25, 0.3) is 0 Å². The van der Waals surface area contributed by atoms with Crippen LogP contribution in [0.2, 0.25) is 0 Å². The molecule has 5 nitrogen and oxygen atoms in total. The molecule has 2 aromatic rings. The molecule has 1 fully saturated rings. The fraction of sp³-hybridized carbons (Fsp3) is 0.478. The first-order valence-corrected chi connectivity index (χ1v) is 10.1. The largest absolute Gasteiger partial charge is 0.497 e. The molecular weight excluding hydrogens is 394 g/mol. The zero-order valence-corrected chi connectivity index (χ0v) is 17.7. The average molecular weight is 424 g/mol. The molecule has 0 spiro atoms.